The fourth-order valence-corrected chi connectivity index (χ4v) is 4.36. The fraction of sp³-hybridized carbons (Fsp3) is 0.611. The predicted octanol–water partition coefficient (Wildman–Crippen LogP) is 1.52. The molecule has 1 aromatic carbocycles. The maximum absolute atomic E-state index is 12.8. The first-order valence-electron chi connectivity index (χ1n) is 8.70. The third-order valence-corrected chi connectivity index (χ3v) is 6.01. The highest BCUT2D eigenvalue weighted by molar-refractivity contribution is 7.88. The van der Waals surface area contributed by atoms with Crippen molar-refractivity contribution in [2.75, 3.05) is 40.6 Å². The molecule has 8 heteroatoms. The molecule has 1 heterocycles. The van der Waals surface area contributed by atoms with Crippen molar-refractivity contribution >= 4 is 15.9 Å². The van der Waals surface area contributed by atoms with Gasteiger partial charge in [0.1, 0.15) is 6.04 Å². The summed E-state index contributed by atoms with van der Waals surface area (Å²) in [6, 6.07) is 5.07. The summed E-state index contributed by atoms with van der Waals surface area (Å²) in [5.74, 6) is 1.16. The van der Waals surface area contributed by atoms with Gasteiger partial charge in [-0.2, -0.15) is 4.31 Å². The Balaban J connectivity index is 2.02. The van der Waals surface area contributed by atoms with E-state index in [9.17, 15) is 13.2 Å². The Labute approximate surface area is 155 Å². The Bertz CT molecular complexity index is 735. The molecule has 1 saturated heterocycles. The predicted molar refractivity (Wildman–Crippen MR) is 100 cm³/mol. The maximum Gasteiger partial charge on any atom is 0.240 e. The van der Waals surface area contributed by atoms with E-state index in [2.05, 4.69) is 0 Å². The van der Waals surface area contributed by atoms with Gasteiger partial charge in [-0.1, -0.05) is 12.5 Å². The minimum atomic E-state index is -3.38. The summed E-state index contributed by atoms with van der Waals surface area (Å²) in [4.78, 5) is 14.4. The molecule has 1 atom stereocenters. The maximum atomic E-state index is 12.8. The van der Waals surface area contributed by atoms with Crippen molar-refractivity contribution < 1.29 is 22.7 Å². The van der Waals surface area contributed by atoms with Crippen LogP contribution in [0, 0.1) is 0 Å². The summed E-state index contributed by atoms with van der Waals surface area (Å²) >= 11 is 0. The van der Waals surface area contributed by atoms with Gasteiger partial charge < -0.3 is 14.4 Å². The van der Waals surface area contributed by atoms with Gasteiger partial charge in [0.05, 0.1) is 20.5 Å². The van der Waals surface area contributed by atoms with E-state index in [4.69, 9.17) is 9.47 Å². The minimum absolute atomic E-state index is 0.143. The molecular formula is C18H28N2O5S. The summed E-state index contributed by atoms with van der Waals surface area (Å²) in [5.41, 5.74) is 1.02. The molecule has 1 aromatic rings. The molecule has 146 valence electrons. The lowest BCUT2D eigenvalue weighted by Gasteiger charge is -2.35. The van der Waals surface area contributed by atoms with Crippen LogP contribution in [-0.4, -0.2) is 70.2 Å². The second-order valence-corrected chi connectivity index (χ2v) is 8.52. The van der Waals surface area contributed by atoms with E-state index in [1.807, 2.05) is 18.2 Å². The summed E-state index contributed by atoms with van der Waals surface area (Å²) in [6.07, 6.45) is 4.06. The molecule has 1 aliphatic heterocycles. The van der Waals surface area contributed by atoms with Crippen molar-refractivity contribution in [2.24, 2.45) is 0 Å². The summed E-state index contributed by atoms with van der Waals surface area (Å²) in [7, 11) is 1.51. The number of carbonyl (C=O) groups excluding carboxylic acids is 1. The molecular weight excluding hydrogens is 356 g/mol. The number of methoxy groups -OCH3 is 2. The second kappa shape index (κ2) is 8.73. The van der Waals surface area contributed by atoms with Crippen molar-refractivity contribution in [1.29, 1.82) is 0 Å². The van der Waals surface area contributed by atoms with E-state index >= 15 is 0 Å². The number of hydrogen-bond acceptors (Lipinski definition) is 5. The van der Waals surface area contributed by atoms with Crippen LogP contribution >= 0.6 is 0 Å². The van der Waals surface area contributed by atoms with Crippen molar-refractivity contribution in [1.82, 2.24) is 9.21 Å². The Morgan fingerprint density at radius 1 is 1.23 bits per heavy atom. The average molecular weight is 384 g/mol. The number of ether oxygens (including phenoxy) is 2. The molecule has 0 saturated carbocycles. The van der Waals surface area contributed by atoms with Gasteiger partial charge in [-0.05, 0) is 37.0 Å². The van der Waals surface area contributed by atoms with Crippen LogP contribution in [0.1, 0.15) is 24.8 Å². The number of sulfonamides is 1. The number of piperidine rings is 1. The van der Waals surface area contributed by atoms with Crippen LogP contribution in [0.2, 0.25) is 0 Å². The van der Waals surface area contributed by atoms with E-state index in [1.54, 1.807) is 26.2 Å². The van der Waals surface area contributed by atoms with Gasteiger partial charge in [-0.15, -0.1) is 0 Å². The van der Waals surface area contributed by atoms with Crippen molar-refractivity contribution in [2.45, 2.75) is 31.7 Å². The molecule has 1 fully saturated rings. The molecule has 0 spiro atoms. The second-order valence-electron chi connectivity index (χ2n) is 6.58. The van der Waals surface area contributed by atoms with E-state index < -0.39 is 16.1 Å². The molecule has 1 aliphatic rings. The molecule has 0 radical (unpaired) electrons. The van der Waals surface area contributed by atoms with Gasteiger partial charge in [0, 0.05) is 20.1 Å². The molecule has 1 amide bonds. The molecule has 0 N–H and O–H groups in total. The Morgan fingerprint density at radius 2 is 1.92 bits per heavy atom. The summed E-state index contributed by atoms with van der Waals surface area (Å²) < 4.78 is 35.8. The van der Waals surface area contributed by atoms with Gasteiger partial charge >= 0.3 is 0 Å². The average Bonchev–Trinajstić information content (AvgIpc) is 2.64. The van der Waals surface area contributed by atoms with Gasteiger partial charge in [0.25, 0.3) is 0 Å². The largest absolute Gasteiger partial charge is 0.493 e. The molecule has 0 bridgehead atoms. The zero-order chi connectivity index (χ0) is 19.3. The van der Waals surface area contributed by atoms with E-state index in [0.29, 0.717) is 37.4 Å². The van der Waals surface area contributed by atoms with Gasteiger partial charge in [-0.3, -0.25) is 4.79 Å². The standard InChI is InChI=1S/C18H28N2O5S/c1-19(12-10-14-8-9-16(24-2)17(13-14)25-3)18(21)15-7-5-6-11-20(15)26(4,22)23/h8-9,13,15H,5-7,10-12H2,1-4H3. The highest BCUT2D eigenvalue weighted by Crippen LogP contribution is 2.28. The molecule has 26 heavy (non-hydrogen) atoms. The smallest absolute Gasteiger partial charge is 0.240 e. The van der Waals surface area contributed by atoms with Crippen LogP contribution < -0.4 is 9.47 Å². The van der Waals surface area contributed by atoms with Crippen molar-refractivity contribution in [3.05, 3.63) is 23.8 Å². The number of carbonyl (C=O) groups is 1. The number of nitrogens with zero attached hydrogens (tertiary/aromatic N) is 2. The zero-order valence-corrected chi connectivity index (χ0v) is 16.7. The van der Waals surface area contributed by atoms with Crippen LogP contribution in [0.25, 0.3) is 0 Å². The Kier molecular flexibility index (Phi) is 6.88. The number of amides is 1. The zero-order valence-electron chi connectivity index (χ0n) is 15.9. The Morgan fingerprint density at radius 3 is 2.54 bits per heavy atom. The first-order valence-corrected chi connectivity index (χ1v) is 10.6. The monoisotopic (exact) mass is 384 g/mol. The number of likely N-dealkylation sites (N-methyl/N-ethyl adjacent to an activating group) is 1. The summed E-state index contributed by atoms with van der Waals surface area (Å²) in [6.45, 7) is 0.918. The van der Waals surface area contributed by atoms with Crippen LogP contribution in [0.15, 0.2) is 18.2 Å². The topological polar surface area (TPSA) is 76.2 Å². The first-order chi connectivity index (χ1) is 12.3. The lowest BCUT2D eigenvalue weighted by molar-refractivity contribution is -0.134. The lowest BCUT2D eigenvalue weighted by atomic mass is 10.0. The molecule has 2 rings (SSSR count). The third-order valence-electron chi connectivity index (χ3n) is 4.72. The number of benzene rings is 1. The molecule has 1 unspecified atom stereocenters. The van der Waals surface area contributed by atoms with Gasteiger partial charge in [-0.25, -0.2) is 8.42 Å². The van der Waals surface area contributed by atoms with Crippen molar-refractivity contribution in [3.63, 3.8) is 0 Å². The normalized spacial score (nSPS) is 18.4. The number of hydrogen-bond donors (Lipinski definition) is 0. The molecule has 0 aliphatic carbocycles. The Hall–Kier alpha value is -1.80. The molecule has 0 aromatic heterocycles. The SMILES string of the molecule is COc1ccc(CCN(C)C(=O)C2CCCCN2S(C)(=O)=O)cc1OC. The van der Waals surface area contributed by atoms with Crippen molar-refractivity contribution in [3.8, 4) is 11.5 Å². The quantitative estimate of drug-likeness (QED) is 0.712. The van der Waals surface area contributed by atoms with Gasteiger partial charge in [0.2, 0.25) is 15.9 Å². The van der Waals surface area contributed by atoms with Gasteiger partial charge in [0.15, 0.2) is 11.5 Å². The van der Waals surface area contributed by atoms with Crippen LogP contribution in [-0.2, 0) is 21.2 Å². The minimum Gasteiger partial charge on any atom is -0.493 e. The first kappa shape index (κ1) is 20.5. The van der Waals surface area contributed by atoms with E-state index in [0.717, 1.165) is 18.4 Å². The van der Waals surface area contributed by atoms with Crippen LogP contribution in [0.4, 0.5) is 0 Å². The molecule has 7 nitrogen and oxygen atoms in total. The highest BCUT2D eigenvalue weighted by Gasteiger charge is 2.35. The fourth-order valence-electron chi connectivity index (χ4n) is 3.25. The third kappa shape index (κ3) is 4.88. The summed E-state index contributed by atoms with van der Waals surface area (Å²) in [5, 5.41) is 0. The van der Waals surface area contributed by atoms with Crippen LogP contribution in [0.5, 0.6) is 11.5 Å². The van der Waals surface area contributed by atoms with Crippen LogP contribution in [0.3, 0.4) is 0 Å². The van der Waals surface area contributed by atoms with E-state index in [1.165, 1.54) is 10.6 Å². The number of rotatable bonds is 7. The van der Waals surface area contributed by atoms with E-state index in [-0.39, 0.29) is 5.91 Å². The lowest BCUT2D eigenvalue weighted by Crippen LogP contribution is -2.52. The highest BCUT2D eigenvalue weighted by atomic mass is 32.2.